The minimum Gasteiger partial charge on any atom is -0.300 e. The molecule has 2 nitrogen and oxygen atoms in total. The van der Waals surface area contributed by atoms with Crippen molar-refractivity contribution in [3.8, 4) is 6.07 Å². The van der Waals surface area contributed by atoms with Gasteiger partial charge in [-0.15, -0.1) is 11.6 Å². The Balaban J connectivity index is 0.000000219. The van der Waals surface area contributed by atoms with Crippen molar-refractivity contribution in [3.63, 3.8) is 0 Å². The molecule has 0 saturated carbocycles. The first kappa shape index (κ1) is 16.9. The Kier molecular flexibility index (Phi) is 7.14. The zero-order valence-corrected chi connectivity index (χ0v) is 12.4. The number of alkyl halides is 1. The molecule has 0 aromatic heterocycles. The summed E-state index contributed by atoms with van der Waals surface area (Å²) in [4.78, 5) is 10.7. The van der Waals surface area contributed by atoms with Crippen LogP contribution >= 0.6 is 11.6 Å². The lowest BCUT2D eigenvalue weighted by molar-refractivity contribution is -0.116. The Morgan fingerprint density at radius 1 is 1.19 bits per heavy atom. The van der Waals surface area contributed by atoms with Gasteiger partial charge in [-0.25, -0.2) is 4.39 Å². The Bertz CT molecular complexity index is 632. The average molecular weight is 304 g/mol. The molecule has 2 rings (SSSR count). The molecule has 0 spiro atoms. The molecule has 0 aliphatic heterocycles. The van der Waals surface area contributed by atoms with Crippen LogP contribution in [0.5, 0.6) is 0 Å². The predicted octanol–water partition coefficient (Wildman–Crippen LogP) is 4.25. The number of hydrogen-bond acceptors (Lipinski definition) is 2. The van der Waals surface area contributed by atoms with Crippen molar-refractivity contribution < 1.29 is 9.18 Å². The molecule has 0 N–H and O–H groups in total. The summed E-state index contributed by atoms with van der Waals surface area (Å²) in [7, 11) is 0. The van der Waals surface area contributed by atoms with E-state index >= 15 is 0 Å². The summed E-state index contributed by atoms with van der Waals surface area (Å²) in [6, 6.07) is 15.3. The lowest BCUT2D eigenvalue weighted by atomic mass is 10.1. The highest BCUT2D eigenvalue weighted by molar-refractivity contribution is 6.17. The summed E-state index contributed by atoms with van der Waals surface area (Å²) >= 11 is 5.46. The van der Waals surface area contributed by atoms with Crippen LogP contribution in [0.15, 0.2) is 48.5 Å². The Morgan fingerprint density at radius 2 is 1.86 bits per heavy atom. The van der Waals surface area contributed by atoms with E-state index in [-0.39, 0.29) is 11.6 Å². The number of Topliss-reactive ketones (excluding diaryl/α,β-unsaturated/α-hetero) is 1. The van der Waals surface area contributed by atoms with Gasteiger partial charge >= 0.3 is 0 Å². The zero-order chi connectivity index (χ0) is 15.7. The van der Waals surface area contributed by atoms with Crippen molar-refractivity contribution in [1.29, 1.82) is 5.26 Å². The van der Waals surface area contributed by atoms with Gasteiger partial charge in [-0.05, 0) is 42.3 Å². The Hall–Kier alpha value is -2.18. The second-order valence-electron chi connectivity index (χ2n) is 4.45. The fourth-order valence-electron chi connectivity index (χ4n) is 1.61. The molecular formula is C17H15ClFNO. The van der Waals surface area contributed by atoms with Crippen LogP contribution in [0.25, 0.3) is 0 Å². The van der Waals surface area contributed by atoms with Gasteiger partial charge in [0.25, 0.3) is 0 Å². The third kappa shape index (κ3) is 6.69. The fourth-order valence-corrected chi connectivity index (χ4v) is 1.79. The van der Waals surface area contributed by atoms with Gasteiger partial charge in [0.1, 0.15) is 11.6 Å². The molecular weight excluding hydrogens is 289 g/mol. The topological polar surface area (TPSA) is 40.9 Å². The first-order valence-corrected chi connectivity index (χ1v) is 6.87. The highest BCUT2D eigenvalue weighted by Gasteiger charge is 1.97. The number of rotatable bonds is 3. The van der Waals surface area contributed by atoms with Gasteiger partial charge in [0.05, 0.1) is 11.6 Å². The molecule has 0 fully saturated rings. The first-order chi connectivity index (χ1) is 10.0. The van der Waals surface area contributed by atoms with Crippen molar-refractivity contribution in [2.75, 3.05) is 0 Å². The maximum Gasteiger partial charge on any atom is 0.134 e. The van der Waals surface area contributed by atoms with Gasteiger partial charge in [-0.2, -0.15) is 5.26 Å². The van der Waals surface area contributed by atoms with Crippen LogP contribution in [0.1, 0.15) is 23.6 Å². The first-order valence-electron chi connectivity index (χ1n) is 6.34. The molecule has 0 radical (unpaired) electrons. The fraction of sp³-hybridized carbons (Fsp3) is 0.176. The number of hydrogen-bond donors (Lipinski definition) is 0. The molecule has 0 atom stereocenters. The second-order valence-corrected chi connectivity index (χ2v) is 4.72. The molecule has 4 heteroatoms. The molecule has 0 unspecified atom stereocenters. The lowest BCUT2D eigenvalue weighted by Crippen LogP contribution is -1.95. The van der Waals surface area contributed by atoms with Gasteiger partial charge in [-0.1, -0.05) is 24.3 Å². The molecule has 0 aliphatic rings. The standard InChI is InChI=1S/C10H9NO.C7H6ClF/c1-8(12)5-9-3-2-4-10(6-9)7-11;8-5-6-1-3-7(9)4-2-6/h2-4,6H,5H2,1H3;1-4H,5H2. The zero-order valence-electron chi connectivity index (χ0n) is 11.6. The van der Waals surface area contributed by atoms with E-state index in [2.05, 4.69) is 0 Å². The SMILES string of the molecule is CC(=O)Cc1cccc(C#N)c1.Fc1ccc(CCl)cc1. The molecule has 21 heavy (non-hydrogen) atoms. The minimum absolute atomic E-state index is 0.116. The minimum atomic E-state index is -0.219. The molecule has 0 aliphatic carbocycles. The molecule has 108 valence electrons. The third-order valence-corrected chi connectivity index (χ3v) is 2.89. The Morgan fingerprint density at radius 3 is 2.38 bits per heavy atom. The lowest BCUT2D eigenvalue weighted by Gasteiger charge is -1.96. The van der Waals surface area contributed by atoms with Crippen molar-refractivity contribution in [2.45, 2.75) is 19.2 Å². The molecule has 2 aromatic rings. The van der Waals surface area contributed by atoms with E-state index in [1.54, 1.807) is 37.3 Å². The van der Waals surface area contributed by atoms with Crippen molar-refractivity contribution in [2.24, 2.45) is 0 Å². The maximum absolute atomic E-state index is 12.2. The highest BCUT2D eigenvalue weighted by atomic mass is 35.5. The van der Waals surface area contributed by atoms with Crippen LogP contribution < -0.4 is 0 Å². The van der Waals surface area contributed by atoms with Crippen LogP contribution in [-0.4, -0.2) is 5.78 Å². The number of carbonyl (C=O) groups is 1. The van der Waals surface area contributed by atoms with Gasteiger partial charge in [0, 0.05) is 12.3 Å². The van der Waals surface area contributed by atoms with E-state index in [9.17, 15) is 9.18 Å². The molecule has 0 bridgehead atoms. The maximum atomic E-state index is 12.2. The third-order valence-electron chi connectivity index (χ3n) is 2.58. The summed E-state index contributed by atoms with van der Waals surface area (Å²) in [5.41, 5.74) is 2.45. The number of ketones is 1. The largest absolute Gasteiger partial charge is 0.300 e. The van der Waals surface area contributed by atoms with E-state index in [1.165, 1.54) is 12.1 Å². The monoisotopic (exact) mass is 303 g/mol. The number of benzene rings is 2. The normalized spacial score (nSPS) is 9.24. The summed E-state index contributed by atoms with van der Waals surface area (Å²) in [6.07, 6.45) is 0.412. The second kappa shape index (κ2) is 8.89. The number of nitrogens with zero attached hydrogens (tertiary/aromatic N) is 1. The van der Waals surface area contributed by atoms with Crippen LogP contribution in [0.4, 0.5) is 4.39 Å². The average Bonchev–Trinajstić information content (AvgIpc) is 2.48. The van der Waals surface area contributed by atoms with E-state index in [0.29, 0.717) is 17.9 Å². The van der Waals surface area contributed by atoms with Gasteiger partial charge < -0.3 is 0 Å². The van der Waals surface area contributed by atoms with Crippen LogP contribution in [0.3, 0.4) is 0 Å². The quantitative estimate of drug-likeness (QED) is 0.795. The number of nitriles is 1. The summed E-state index contributed by atoms with van der Waals surface area (Å²) in [5, 5.41) is 8.56. The van der Waals surface area contributed by atoms with Crippen molar-refractivity contribution >= 4 is 17.4 Å². The summed E-state index contributed by atoms with van der Waals surface area (Å²) in [5.74, 6) is 0.342. The van der Waals surface area contributed by atoms with Crippen LogP contribution in [0.2, 0.25) is 0 Å². The molecule has 2 aromatic carbocycles. The predicted molar refractivity (Wildman–Crippen MR) is 81.5 cm³/mol. The molecule has 0 amide bonds. The smallest absolute Gasteiger partial charge is 0.134 e. The molecule has 0 saturated heterocycles. The van der Waals surface area contributed by atoms with Crippen LogP contribution in [-0.2, 0) is 17.1 Å². The van der Waals surface area contributed by atoms with Gasteiger partial charge in [0.15, 0.2) is 0 Å². The Labute approximate surface area is 128 Å². The van der Waals surface area contributed by atoms with Gasteiger partial charge in [0.2, 0.25) is 0 Å². The van der Waals surface area contributed by atoms with Crippen molar-refractivity contribution in [1.82, 2.24) is 0 Å². The van der Waals surface area contributed by atoms with Crippen molar-refractivity contribution in [3.05, 3.63) is 71.0 Å². The number of halogens is 2. The molecule has 0 heterocycles. The van der Waals surface area contributed by atoms with E-state index < -0.39 is 0 Å². The van der Waals surface area contributed by atoms with E-state index in [4.69, 9.17) is 16.9 Å². The van der Waals surface area contributed by atoms with Gasteiger partial charge in [-0.3, -0.25) is 4.79 Å². The van der Waals surface area contributed by atoms with E-state index in [0.717, 1.165) is 11.1 Å². The van der Waals surface area contributed by atoms with Crippen LogP contribution in [0, 0.1) is 17.1 Å². The summed E-state index contributed by atoms with van der Waals surface area (Å²) in [6.45, 7) is 1.54. The summed E-state index contributed by atoms with van der Waals surface area (Å²) < 4.78 is 12.2. The highest BCUT2D eigenvalue weighted by Crippen LogP contribution is 2.05. The number of carbonyl (C=O) groups excluding carboxylic acids is 1. The van der Waals surface area contributed by atoms with E-state index in [1.807, 2.05) is 12.1 Å².